The smallest absolute Gasteiger partial charge is 0.222 e. The van der Waals surface area contributed by atoms with Crippen molar-refractivity contribution in [1.29, 1.82) is 0 Å². The summed E-state index contributed by atoms with van der Waals surface area (Å²) < 4.78 is 10.9. The molecule has 1 heterocycles. The van der Waals surface area contributed by atoms with Gasteiger partial charge in [-0.05, 0) is 12.8 Å². The maximum atomic E-state index is 13.4. The van der Waals surface area contributed by atoms with Crippen LogP contribution in [0.15, 0.2) is 0 Å². The third kappa shape index (κ3) is 20.7. The van der Waals surface area contributed by atoms with E-state index < -0.39 is 68.3 Å². The molecule has 0 aliphatic carbocycles. The largest absolute Gasteiger partial charge is 0.394 e. The van der Waals surface area contributed by atoms with Crippen molar-refractivity contribution in [3.05, 3.63) is 0 Å². The SMILES string of the molecule is CCCCCCCCCCCCCCCCN(C[C@H](O)[C@@H](O)[C@H](O[C@@H]1O[C@H](CO)[C@H](O)[C@H](O)[C@H]1O)[C@H](O)CO)C(=O)CCCCCCCCCCC. The van der Waals surface area contributed by atoms with Crippen LogP contribution in [0, 0.1) is 0 Å². The molecule has 1 amide bonds. The van der Waals surface area contributed by atoms with E-state index in [0.29, 0.717) is 13.0 Å². The standard InChI is InChI=1S/C40H79NO11/c1-3-5-7-9-11-13-14-15-16-17-19-21-23-25-27-41(34(46)26-24-22-20-18-12-10-8-6-4-2)28-31(44)35(47)39(32(45)29-42)52-40-38(50)37(49)36(48)33(30-43)51-40/h31-33,35-40,42-45,47-50H,3-30H2,1-2H3/t31-,32+,33+,35+,36-,37-,38+,39+,40-/m0/s1. The molecule has 52 heavy (non-hydrogen) atoms. The van der Waals surface area contributed by atoms with Crippen molar-refractivity contribution in [1.82, 2.24) is 4.90 Å². The van der Waals surface area contributed by atoms with Gasteiger partial charge in [0.05, 0.1) is 13.2 Å². The van der Waals surface area contributed by atoms with E-state index in [-0.39, 0.29) is 12.5 Å². The van der Waals surface area contributed by atoms with Crippen molar-refractivity contribution >= 4 is 5.91 Å². The summed E-state index contributed by atoms with van der Waals surface area (Å²) in [5.41, 5.74) is 0. The molecule has 1 rings (SSSR count). The molecule has 8 N–H and O–H groups in total. The average Bonchev–Trinajstić information content (AvgIpc) is 3.14. The number of aliphatic hydroxyl groups is 8. The predicted octanol–water partition coefficient (Wildman–Crippen LogP) is 4.48. The monoisotopic (exact) mass is 750 g/mol. The number of hydrogen-bond donors (Lipinski definition) is 8. The summed E-state index contributed by atoms with van der Waals surface area (Å²) in [6.07, 6.45) is 12.2. The molecule has 1 aliphatic rings. The molecule has 12 nitrogen and oxygen atoms in total. The molecule has 1 saturated heterocycles. The van der Waals surface area contributed by atoms with Gasteiger partial charge in [-0.25, -0.2) is 0 Å². The number of amides is 1. The van der Waals surface area contributed by atoms with Gasteiger partial charge in [-0.15, -0.1) is 0 Å². The van der Waals surface area contributed by atoms with E-state index in [1.807, 2.05) is 0 Å². The minimum absolute atomic E-state index is 0.127. The van der Waals surface area contributed by atoms with Crippen molar-refractivity contribution in [2.24, 2.45) is 0 Å². The Morgan fingerprint density at radius 1 is 0.615 bits per heavy atom. The number of ether oxygens (including phenoxy) is 2. The molecule has 0 radical (unpaired) electrons. The minimum Gasteiger partial charge on any atom is -0.394 e. The Morgan fingerprint density at radius 2 is 1.06 bits per heavy atom. The van der Waals surface area contributed by atoms with E-state index in [1.54, 1.807) is 4.90 Å². The maximum absolute atomic E-state index is 13.4. The number of rotatable bonds is 34. The van der Waals surface area contributed by atoms with Crippen molar-refractivity contribution in [3.63, 3.8) is 0 Å². The molecule has 12 heteroatoms. The van der Waals surface area contributed by atoms with Gasteiger partial charge in [0.1, 0.15) is 48.8 Å². The Balaban J connectivity index is 2.70. The molecule has 0 aromatic carbocycles. The average molecular weight is 750 g/mol. The van der Waals surface area contributed by atoms with Crippen LogP contribution >= 0.6 is 0 Å². The van der Waals surface area contributed by atoms with Crippen LogP contribution < -0.4 is 0 Å². The van der Waals surface area contributed by atoms with Gasteiger partial charge in [0.15, 0.2) is 6.29 Å². The highest BCUT2D eigenvalue weighted by Gasteiger charge is 2.47. The summed E-state index contributed by atoms with van der Waals surface area (Å²) in [4.78, 5) is 15.0. The van der Waals surface area contributed by atoms with E-state index in [4.69, 9.17) is 9.47 Å². The van der Waals surface area contributed by atoms with Gasteiger partial charge in [0.2, 0.25) is 5.91 Å². The fourth-order valence-corrected chi connectivity index (χ4v) is 6.95. The summed E-state index contributed by atoms with van der Waals surface area (Å²) in [6, 6.07) is 0. The van der Waals surface area contributed by atoms with E-state index in [1.165, 1.54) is 96.3 Å². The maximum Gasteiger partial charge on any atom is 0.222 e. The summed E-state index contributed by atoms with van der Waals surface area (Å²) in [6.45, 7) is 3.03. The van der Waals surface area contributed by atoms with E-state index in [2.05, 4.69) is 13.8 Å². The first kappa shape index (κ1) is 49.1. The number of hydrogen-bond acceptors (Lipinski definition) is 11. The lowest BCUT2D eigenvalue weighted by atomic mass is 9.98. The lowest BCUT2D eigenvalue weighted by Gasteiger charge is -2.42. The number of carbonyl (C=O) groups is 1. The summed E-state index contributed by atoms with van der Waals surface area (Å²) in [5.74, 6) is -0.127. The Kier molecular flexibility index (Phi) is 29.5. The van der Waals surface area contributed by atoms with Crippen molar-refractivity contribution < 1.29 is 55.1 Å². The Bertz CT molecular complexity index is 837. The molecule has 0 unspecified atom stereocenters. The second-order valence-corrected chi connectivity index (χ2v) is 15.1. The molecule has 0 aromatic heterocycles. The van der Waals surface area contributed by atoms with Crippen LogP contribution in [0.4, 0.5) is 0 Å². The van der Waals surface area contributed by atoms with Gasteiger partial charge >= 0.3 is 0 Å². The zero-order chi connectivity index (χ0) is 38.6. The molecule has 1 aliphatic heterocycles. The third-order valence-corrected chi connectivity index (χ3v) is 10.5. The normalized spacial score (nSPS) is 23.0. The number of unbranched alkanes of at least 4 members (excludes halogenated alkanes) is 21. The van der Waals surface area contributed by atoms with Crippen molar-refractivity contribution in [2.45, 2.75) is 223 Å². The molecular formula is C40H79NO11. The molecule has 0 saturated carbocycles. The molecule has 9 atom stereocenters. The zero-order valence-corrected chi connectivity index (χ0v) is 32.7. The van der Waals surface area contributed by atoms with Crippen LogP contribution in [0.3, 0.4) is 0 Å². The quantitative estimate of drug-likeness (QED) is 0.0432. The van der Waals surface area contributed by atoms with Crippen LogP contribution in [0.25, 0.3) is 0 Å². The minimum atomic E-state index is -1.83. The van der Waals surface area contributed by atoms with E-state index >= 15 is 0 Å². The lowest BCUT2D eigenvalue weighted by molar-refractivity contribution is -0.327. The van der Waals surface area contributed by atoms with Crippen LogP contribution in [0.5, 0.6) is 0 Å². The van der Waals surface area contributed by atoms with Crippen LogP contribution in [0.1, 0.15) is 168 Å². The van der Waals surface area contributed by atoms with Gasteiger partial charge in [-0.1, -0.05) is 149 Å². The van der Waals surface area contributed by atoms with Crippen LogP contribution in [0.2, 0.25) is 0 Å². The van der Waals surface area contributed by atoms with E-state index in [9.17, 15) is 45.6 Å². The van der Waals surface area contributed by atoms with Crippen molar-refractivity contribution in [2.75, 3.05) is 26.3 Å². The summed E-state index contributed by atoms with van der Waals surface area (Å²) in [7, 11) is 0. The zero-order valence-electron chi connectivity index (χ0n) is 32.7. The van der Waals surface area contributed by atoms with Crippen LogP contribution in [-0.2, 0) is 14.3 Å². The molecule has 0 bridgehead atoms. The number of carbonyl (C=O) groups excluding carboxylic acids is 1. The highest BCUT2D eigenvalue weighted by molar-refractivity contribution is 5.76. The predicted molar refractivity (Wildman–Crippen MR) is 202 cm³/mol. The fourth-order valence-electron chi connectivity index (χ4n) is 6.95. The van der Waals surface area contributed by atoms with E-state index in [0.717, 1.165) is 51.4 Å². The summed E-state index contributed by atoms with van der Waals surface area (Å²) >= 11 is 0. The first-order chi connectivity index (χ1) is 25.1. The van der Waals surface area contributed by atoms with Gasteiger partial charge in [0, 0.05) is 19.5 Å². The fraction of sp³-hybridized carbons (Fsp3) is 0.975. The van der Waals surface area contributed by atoms with Gasteiger partial charge in [-0.2, -0.15) is 0 Å². The van der Waals surface area contributed by atoms with Gasteiger partial charge < -0.3 is 55.2 Å². The molecule has 310 valence electrons. The van der Waals surface area contributed by atoms with Crippen LogP contribution in [-0.4, -0.2) is 133 Å². The lowest BCUT2D eigenvalue weighted by Crippen LogP contribution is -2.61. The van der Waals surface area contributed by atoms with Crippen molar-refractivity contribution in [3.8, 4) is 0 Å². The second kappa shape index (κ2) is 31.3. The number of aliphatic hydroxyl groups excluding tert-OH is 8. The van der Waals surface area contributed by atoms with Gasteiger partial charge in [-0.3, -0.25) is 4.79 Å². The molecule has 1 fully saturated rings. The first-order valence-corrected chi connectivity index (χ1v) is 21.0. The third-order valence-electron chi connectivity index (χ3n) is 10.5. The Morgan fingerprint density at radius 3 is 1.50 bits per heavy atom. The van der Waals surface area contributed by atoms with Gasteiger partial charge in [0.25, 0.3) is 0 Å². The highest BCUT2D eigenvalue weighted by Crippen LogP contribution is 2.25. The second-order valence-electron chi connectivity index (χ2n) is 15.1. The molecular weight excluding hydrogens is 670 g/mol. The Labute approximate surface area is 314 Å². The molecule has 0 aromatic rings. The Hall–Kier alpha value is -0.930. The summed E-state index contributed by atoms with van der Waals surface area (Å²) in [5, 5.41) is 82.6. The number of nitrogens with zero attached hydrogens (tertiary/aromatic N) is 1. The molecule has 0 spiro atoms. The highest BCUT2D eigenvalue weighted by atomic mass is 16.7. The first-order valence-electron chi connectivity index (χ1n) is 21.0. The topological polar surface area (TPSA) is 201 Å².